The SMILES string of the molecule is CCCN1CCN(C)C1=[N+]1CCCC1. The van der Waals surface area contributed by atoms with Crippen LogP contribution in [0.25, 0.3) is 0 Å². The molecule has 2 rings (SSSR count). The molecule has 0 unspecified atom stereocenters. The van der Waals surface area contributed by atoms with Gasteiger partial charge in [-0.05, 0) is 19.3 Å². The Morgan fingerprint density at radius 2 is 1.93 bits per heavy atom. The Morgan fingerprint density at radius 3 is 2.57 bits per heavy atom. The van der Waals surface area contributed by atoms with E-state index in [1.54, 1.807) is 0 Å². The van der Waals surface area contributed by atoms with Crippen LogP contribution in [-0.4, -0.2) is 60.1 Å². The number of hydrogen-bond acceptors (Lipinski definition) is 0. The summed E-state index contributed by atoms with van der Waals surface area (Å²) in [7, 11) is 2.23. The standard InChI is InChI=1S/C11H22N3/c1-3-6-13-10-9-12(2)11(13)14-7-4-5-8-14/h3-10H2,1-2H3/q+1. The Labute approximate surface area is 87.0 Å². The first-order valence-corrected chi connectivity index (χ1v) is 5.91. The van der Waals surface area contributed by atoms with Crippen LogP contribution in [0.15, 0.2) is 0 Å². The van der Waals surface area contributed by atoms with E-state index in [0.717, 1.165) is 0 Å². The lowest BCUT2D eigenvalue weighted by Crippen LogP contribution is -2.39. The summed E-state index contributed by atoms with van der Waals surface area (Å²) in [6.45, 7) is 8.43. The maximum absolute atomic E-state index is 2.56. The molecule has 2 aliphatic heterocycles. The van der Waals surface area contributed by atoms with E-state index >= 15 is 0 Å². The largest absolute Gasteiger partial charge is 0.350 e. The Hall–Kier alpha value is -0.730. The summed E-state index contributed by atoms with van der Waals surface area (Å²) in [5, 5.41) is 0. The molecule has 0 amide bonds. The molecule has 0 aliphatic carbocycles. The summed E-state index contributed by atoms with van der Waals surface area (Å²) in [5.74, 6) is 1.49. The second-order valence-corrected chi connectivity index (χ2v) is 4.40. The molecule has 2 heterocycles. The first-order chi connectivity index (χ1) is 6.83. The summed E-state index contributed by atoms with van der Waals surface area (Å²) in [6.07, 6.45) is 4.00. The van der Waals surface area contributed by atoms with Crippen LogP contribution in [0.3, 0.4) is 0 Å². The molecule has 2 aliphatic rings. The zero-order chi connectivity index (χ0) is 9.97. The van der Waals surface area contributed by atoms with Gasteiger partial charge >= 0.3 is 5.96 Å². The minimum absolute atomic E-state index is 1.20. The van der Waals surface area contributed by atoms with Crippen molar-refractivity contribution in [3.63, 3.8) is 0 Å². The summed E-state index contributed by atoms with van der Waals surface area (Å²) < 4.78 is 2.56. The van der Waals surface area contributed by atoms with Crippen LogP contribution in [-0.2, 0) is 0 Å². The number of nitrogens with zero attached hydrogens (tertiary/aromatic N) is 3. The molecule has 0 radical (unpaired) electrons. The van der Waals surface area contributed by atoms with E-state index in [9.17, 15) is 0 Å². The van der Waals surface area contributed by atoms with Gasteiger partial charge in [0.25, 0.3) is 0 Å². The van der Waals surface area contributed by atoms with E-state index in [4.69, 9.17) is 0 Å². The minimum Gasteiger partial charge on any atom is -0.265 e. The predicted octanol–water partition coefficient (Wildman–Crippen LogP) is 0.806. The van der Waals surface area contributed by atoms with Gasteiger partial charge < -0.3 is 0 Å². The summed E-state index contributed by atoms with van der Waals surface area (Å²) in [4.78, 5) is 4.96. The average molecular weight is 196 g/mol. The van der Waals surface area contributed by atoms with Gasteiger partial charge in [-0.1, -0.05) is 6.92 Å². The molecule has 0 atom stereocenters. The first kappa shape index (κ1) is 9.81. The van der Waals surface area contributed by atoms with Crippen molar-refractivity contribution in [2.45, 2.75) is 26.2 Å². The van der Waals surface area contributed by atoms with Crippen molar-refractivity contribution < 1.29 is 4.58 Å². The molecule has 0 saturated carbocycles. The van der Waals surface area contributed by atoms with Crippen LogP contribution >= 0.6 is 0 Å². The van der Waals surface area contributed by atoms with Crippen molar-refractivity contribution >= 4 is 5.96 Å². The second kappa shape index (κ2) is 4.20. The third-order valence-corrected chi connectivity index (χ3v) is 3.21. The molecule has 0 aromatic rings. The molecule has 2 saturated heterocycles. The van der Waals surface area contributed by atoms with E-state index in [-0.39, 0.29) is 0 Å². The molecule has 0 bridgehead atoms. The maximum Gasteiger partial charge on any atom is 0.350 e. The van der Waals surface area contributed by atoms with E-state index in [1.807, 2.05) is 0 Å². The normalized spacial score (nSPS) is 22.7. The molecular weight excluding hydrogens is 174 g/mol. The highest BCUT2D eigenvalue weighted by Crippen LogP contribution is 2.11. The van der Waals surface area contributed by atoms with Gasteiger partial charge in [0.2, 0.25) is 0 Å². The van der Waals surface area contributed by atoms with Crippen molar-refractivity contribution in [1.82, 2.24) is 9.80 Å². The quantitative estimate of drug-likeness (QED) is 0.605. The molecule has 14 heavy (non-hydrogen) atoms. The van der Waals surface area contributed by atoms with Crippen LogP contribution in [0.5, 0.6) is 0 Å². The molecular formula is C11H22N3+. The van der Waals surface area contributed by atoms with Gasteiger partial charge in [-0.15, -0.1) is 0 Å². The van der Waals surface area contributed by atoms with Gasteiger partial charge in [-0.25, -0.2) is 0 Å². The monoisotopic (exact) mass is 196 g/mol. The Kier molecular flexibility index (Phi) is 2.94. The summed E-state index contributed by atoms with van der Waals surface area (Å²) in [5.41, 5.74) is 0. The van der Waals surface area contributed by atoms with E-state index in [0.29, 0.717) is 0 Å². The first-order valence-electron chi connectivity index (χ1n) is 5.91. The fraction of sp³-hybridized carbons (Fsp3) is 0.909. The van der Waals surface area contributed by atoms with Crippen LogP contribution < -0.4 is 0 Å². The molecule has 0 N–H and O–H groups in total. The van der Waals surface area contributed by atoms with Gasteiger partial charge in [-0.2, -0.15) is 0 Å². The highest BCUT2D eigenvalue weighted by molar-refractivity contribution is 5.77. The van der Waals surface area contributed by atoms with Crippen LogP contribution in [0.1, 0.15) is 26.2 Å². The number of hydrogen-bond donors (Lipinski definition) is 0. The lowest BCUT2D eigenvalue weighted by molar-refractivity contribution is -0.515. The summed E-state index contributed by atoms with van der Waals surface area (Å²) in [6, 6.07) is 0. The molecule has 3 nitrogen and oxygen atoms in total. The fourth-order valence-corrected chi connectivity index (χ4v) is 2.55. The predicted molar refractivity (Wildman–Crippen MR) is 58.7 cm³/mol. The topological polar surface area (TPSA) is 9.49 Å². The minimum atomic E-state index is 1.20. The molecule has 2 fully saturated rings. The molecule has 3 heteroatoms. The van der Waals surface area contributed by atoms with Gasteiger partial charge in [0.15, 0.2) is 0 Å². The van der Waals surface area contributed by atoms with Gasteiger partial charge in [-0.3, -0.25) is 14.4 Å². The highest BCUT2D eigenvalue weighted by Gasteiger charge is 2.33. The number of likely N-dealkylation sites (N-methyl/N-ethyl adjacent to an activating group) is 1. The smallest absolute Gasteiger partial charge is 0.265 e. The van der Waals surface area contributed by atoms with Crippen molar-refractivity contribution in [2.75, 3.05) is 39.8 Å². The van der Waals surface area contributed by atoms with Gasteiger partial charge in [0.05, 0.1) is 39.8 Å². The third kappa shape index (κ3) is 1.72. The maximum atomic E-state index is 2.56. The van der Waals surface area contributed by atoms with Crippen molar-refractivity contribution in [3.05, 3.63) is 0 Å². The Bertz CT molecular complexity index is 225. The van der Waals surface area contributed by atoms with Crippen molar-refractivity contribution in [3.8, 4) is 0 Å². The third-order valence-electron chi connectivity index (χ3n) is 3.21. The Balaban J connectivity index is 2.15. The average Bonchev–Trinajstić information content (AvgIpc) is 2.76. The molecule has 0 aromatic heterocycles. The summed E-state index contributed by atoms with van der Waals surface area (Å²) >= 11 is 0. The van der Waals surface area contributed by atoms with Crippen LogP contribution in [0.2, 0.25) is 0 Å². The number of rotatable bonds is 2. The molecule has 0 aromatic carbocycles. The van der Waals surface area contributed by atoms with Crippen LogP contribution in [0, 0.1) is 0 Å². The Morgan fingerprint density at radius 1 is 1.21 bits per heavy atom. The fourth-order valence-electron chi connectivity index (χ4n) is 2.55. The van der Waals surface area contributed by atoms with E-state index < -0.39 is 0 Å². The van der Waals surface area contributed by atoms with Gasteiger partial charge in [0, 0.05) is 0 Å². The zero-order valence-corrected chi connectivity index (χ0v) is 9.50. The highest BCUT2D eigenvalue weighted by atomic mass is 15.4. The lowest BCUT2D eigenvalue weighted by Gasteiger charge is -2.16. The van der Waals surface area contributed by atoms with Gasteiger partial charge in [0.1, 0.15) is 0 Å². The van der Waals surface area contributed by atoms with Crippen molar-refractivity contribution in [2.24, 2.45) is 0 Å². The van der Waals surface area contributed by atoms with Crippen LogP contribution in [0.4, 0.5) is 0 Å². The van der Waals surface area contributed by atoms with E-state index in [1.165, 1.54) is 57.9 Å². The zero-order valence-electron chi connectivity index (χ0n) is 9.50. The molecule has 80 valence electrons. The number of guanidine groups is 1. The van der Waals surface area contributed by atoms with Crippen molar-refractivity contribution in [1.29, 1.82) is 0 Å². The lowest BCUT2D eigenvalue weighted by atomic mass is 10.4. The molecule has 0 spiro atoms. The van der Waals surface area contributed by atoms with E-state index in [2.05, 4.69) is 28.3 Å². The second-order valence-electron chi connectivity index (χ2n) is 4.40.